The number of ether oxygens (including phenoxy) is 1. The minimum absolute atomic E-state index is 0.596. The molecule has 0 amide bonds. The largest absolute Gasteiger partial charge is 0.618 e. The van der Waals surface area contributed by atoms with Crippen LogP contribution in [0.1, 0.15) is 5.56 Å². The van der Waals surface area contributed by atoms with E-state index in [2.05, 4.69) is 0 Å². The van der Waals surface area contributed by atoms with E-state index in [1.54, 1.807) is 19.2 Å². The SMILES string of the molecule is COc1ccccc1/C=[N+](\[O-])c1ccccc1. The average Bonchev–Trinajstić information content (AvgIpc) is 2.40. The molecule has 0 fully saturated rings. The van der Waals surface area contributed by atoms with Gasteiger partial charge in [0.1, 0.15) is 5.75 Å². The smallest absolute Gasteiger partial charge is 0.216 e. The molecular formula is C14H13NO2. The first-order valence-corrected chi connectivity index (χ1v) is 5.30. The number of para-hydroxylation sites is 2. The van der Waals surface area contributed by atoms with E-state index in [1.807, 2.05) is 42.5 Å². The van der Waals surface area contributed by atoms with Gasteiger partial charge in [0.15, 0.2) is 6.21 Å². The fourth-order valence-electron chi connectivity index (χ4n) is 1.55. The number of rotatable bonds is 3. The van der Waals surface area contributed by atoms with Crippen LogP contribution in [-0.4, -0.2) is 18.1 Å². The minimum atomic E-state index is 0.596. The second-order valence-electron chi connectivity index (χ2n) is 3.53. The molecule has 0 aliphatic heterocycles. The molecule has 2 aromatic rings. The van der Waals surface area contributed by atoms with Gasteiger partial charge < -0.3 is 9.94 Å². The normalized spacial score (nSPS) is 11.2. The van der Waals surface area contributed by atoms with Crippen molar-refractivity contribution in [1.82, 2.24) is 0 Å². The van der Waals surface area contributed by atoms with Gasteiger partial charge in [-0.15, -0.1) is 0 Å². The molecule has 2 aromatic carbocycles. The van der Waals surface area contributed by atoms with Gasteiger partial charge >= 0.3 is 0 Å². The molecule has 17 heavy (non-hydrogen) atoms. The van der Waals surface area contributed by atoms with Crippen LogP contribution < -0.4 is 4.74 Å². The highest BCUT2D eigenvalue weighted by atomic mass is 16.5. The van der Waals surface area contributed by atoms with Crippen molar-refractivity contribution in [3.63, 3.8) is 0 Å². The molecule has 0 aromatic heterocycles. The lowest BCUT2D eigenvalue weighted by Crippen LogP contribution is -2.00. The summed E-state index contributed by atoms with van der Waals surface area (Å²) in [5, 5.41) is 11.9. The zero-order valence-electron chi connectivity index (χ0n) is 9.54. The molecule has 0 bridgehead atoms. The summed E-state index contributed by atoms with van der Waals surface area (Å²) < 4.78 is 6.02. The van der Waals surface area contributed by atoms with E-state index < -0.39 is 0 Å². The Morgan fingerprint density at radius 1 is 1.00 bits per heavy atom. The topological polar surface area (TPSA) is 35.3 Å². The van der Waals surface area contributed by atoms with Crippen molar-refractivity contribution in [3.8, 4) is 5.75 Å². The molecule has 3 nitrogen and oxygen atoms in total. The van der Waals surface area contributed by atoms with Crippen molar-refractivity contribution in [3.05, 3.63) is 65.4 Å². The second kappa shape index (κ2) is 5.16. The van der Waals surface area contributed by atoms with Crippen LogP contribution in [0.5, 0.6) is 5.75 Å². The summed E-state index contributed by atoms with van der Waals surface area (Å²) >= 11 is 0. The molecule has 0 aliphatic carbocycles. The maximum absolute atomic E-state index is 11.9. The summed E-state index contributed by atoms with van der Waals surface area (Å²) in [6.07, 6.45) is 1.51. The van der Waals surface area contributed by atoms with Gasteiger partial charge in [-0.2, -0.15) is 4.74 Å². The summed E-state index contributed by atoms with van der Waals surface area (Å²) in [4.78, 5) is 0. The first-order valence-electron chi connectivity index (χ1n) is 5.30. The van der Waals surface area contributed by atoms with E-state index in [-0.39, 0.29) is 0 Å². The van der Waals surface area contributed by atoms with Crippen molar-refractivity contribution in [2.45, 2.75) is 0 Å². The fraction of sp³-hybridized carbons (Fsp3) is 0.0714. The predicted molar refractivity (Wildman–Crippen MR) is 67.9 cm³/mol. The van der Waals surface area contributed by atoms with Crippen molar-refractivity contribution < 1.29 is 9.48 Å². The van der Waals surface area contributed by atoms with Crippen LogP contribution in [0, 0.1) is 5.21 Å². The first kappa shape index (κ1) is 11.2. The molecule has 0 saturated heterocycles. The highest BCUT2D eigenvalue weighted by Crippen LogP contribution is 2.16. The molecule has 0 radical (unpaired) electrons. The molecule has 0 aliphatic rings. The van der Waals surface area contributed by atoms with Crippen LogP contribution >= 0.6 is 0 Å². The molecule has 3 heteroatoms. The average molecular weight is 227 g/mol. The maximum atomic E-state index is 11.9. The first-order chi connectivity index (χ1) is 8.31. The monoisotopic (exact) mass is 227 g/mol. The molecule has 0 unspecified atom stereocenters. The summed E-state index contributed by atoms with van der Waals surface area (Å²) in [6, 6.07) is 16.5. The van der Waals surface area contributed by atoms with Gasteiger partial charge in [0.05, 0.1) is 12.7 Å². The van der Waals surface area contributed by atoms with E-state index in [1.165, 1.54) is 6.21 Å². The summed E-state index contributed by atoms with van der Waals surface area (Å²) in [5.74, 6) is 0.685. The van der Waals surface area contributed by atoms with E-state index in [0.717, 1.165) is 10.3 Å². The van der Waals surface area contributed by atoms with Gasteiger partial charge in [0, 0.05) is 12.1 Å². The van der Waals surface area contributed by atoms with Crippen molar-refractivity contribution in [2.24, 2.45) is 0 Å². The third-order valence-electron chi connectivity index (χ3n) is 2.41. The minimum Gasteiger partial charge on any atom is -0.618 e. The standard InChI is InChI=1S/C14H13NO2/c1-17-14-10-6-5-7-12(14)11-15(16)13-8-3-2-4-9-13/h2-11H,1H3/b15-11-. The van der Waals surface area contributed by atoms with Crippen molar-refractivity contribution in [1.29, 1.82) is 0 Å². The van der Waals surface area contributed by atoms with E-state index in [0.29, 0.717) is 11.4 Å². The Morgan fingerprint density at radius 3 is 2.35 bits per heavy atom. The Hall–Kier alpha value is -2.29. The number of hydrogen-bond acceptors (Lipinski definition) is 2. The lowest BCUT2D eigenvalue weighted by atomic mass is 10.2. The van der Waals surface area contributed by atoms with E-state index in [4.69, 9.17) is 4.74 Å². The van der Waals surface area contributed by atoms with Crippen LogP contribution in [0.25, 0.3) is 0 Å². The zero-order valence-corrected chi connectivity index (χ0v) is 9.54. The van der Waals surface area contributed by atoms with Crippen LogP contribution in [0.15, 0.2) is 54.6 Å². The lowest BCUT2D eigenvalue weighted by molar-refractivity contribution is -0.354. The summed E-state index contributed by atoms with van der Waals surface area (Å²) in [6.45, 7) is 0. The quantitative estimate of drug-likeness (QED) is 0.350. The lowest BCUT2D eigenvalue weighted by Gasteiger charge is -2.05. The van der Waals surface area contributed by atoms with Crippen LogP contribution in [0.2, 0.25) is 0 Å². The molecule has 86 valence electrons. The Labute approximate surface area is 100 Å². The van der Waals surface area contributed by atoms with Gasteiger partial charge in [-0.3, -0.25) is 0 Å². The predicted octanol–water partition coefficient (Wildman–Crippen LogP) is 2.96. The van der Waals surface area contributed by atoms with Gasteiger partial charge in [0.2, 0.25) is 5.69 Å². The number of benzene rings is 2. The Morgan fingerprint density at radius 2 is 1.65 bits per heavy atom. The maximum Gasteiger partial charge on any atom is 0.216 e. The Bertz CT molecular complexity index is 521. The number of hydrogen-bond donors (Lipinski definition) is 0. The molecule has 0 spiro atoms. The number of nitrogens with zero attached hydrogens (tertiary/aromatic N) is 1. The molecular weight excluding hydrogens is 214 g/mol. The molecule has 0 atom stereocenters. The van der Waals surface area contributed by atoms with Gasteiger partial charge in [-0.05, 0) is 12.1 Å². The Kier molecular flexibility index (Phi) is 3.40. The van der Waals surface area contributed by atoms with Gasteiger partial charge in [-0.1, -0.05) is 30.3 Å². The van der Waals surface area contributed by atoms with Crippen LogP contribution in [0.4, 0.5) is 5.69 Å². The highest BCUT2D eigenvalue weighted by molar-refractivity contribution is 5.80. The second-order valence-corrected chi connectivity index (χ2v) is 3.53. The van der Waals surface area contributed by atoms with Gasteiger partial charge in [0.25, 0.3) is 0 Å². The summed E-state index contributed by atoms with van der Waals surface area (Å²) in [5.41, 5.74) is 1.35. The van der Waals surface area contributed by atoms with Crippen molar-refractivity contribution >= 4 is 11.9 Å². The fourth-order valence-corrected chi connectivity index (χ4v) is 1.55. The molecule has 0 N–H and O–H groups in total. The van der Waals surface area contributed by atoms with Crippen LogP contribution in [-0.2, 0) is 0 Å². The number of methoxy groups -OCH3 is 1. The highest BCUT2D eigenvalue weighted by Gasteiger charge is 2.04. The Balaban J connectivity index is 2.36. The van der Waals surface area contributed by atoms with E-state index >= 15 is 0 Å². The summed E-state index contributed by atoms with van der Waals surface area (Å²) in [7, 11) is 1.59. The van der Waals surface area contributed by atoms with E-state index in [9.17, 15) is 5.21 Å². The third kappa shape index (κ3) is 2.64. The van der Waals surface area contributed by atoms with Crippen LogP contribution in [0.3, 0.4) is 0 Å². The zero-order chi connectivity index (χ0) is 12.1. The third-order valence-corrected chi connectivity index (χ3v) is 2.41. The van der Waals surface area contributed by atoms with Gasteiger partial charge in [-0.25, -0.2) is 0 Å². The molecule has 0 saturated carbocycles. The van der Waals surface area contributed by atoms with Crippen molar-refractivity contribution in [2.75, 3.05) is 7.11 Å². The molecule has 2 rings (SSSR count). The molecule has 0 heterocycles.